The lowest BCUT2D eigenvalue weighted by atomic mass is 10.1. The summed E-state index contributed by atoms with van der Waals surface area (Å²) in [6.45, 7) is 2.88. The summed E-state index contributed by atoms with van der Waals surface area (Å²) in [5, 5.41) is 10.7. The van der Waals surface area contributed by atoms with Gasteiger partial charge in [0.1, 0.15) is 0 Å². The van der Waals surface area contributed by atoms with E-state index in [2.05, 4.69) is 0 Å². The number of alkyl halides is 1. The molecule has 6 heteroatoms. The molecule has 0 saturated carbocycles. The van der Waals surface area contributed by atoms with Gasteiger partial charge in [0.15, 0.2) is 0 Å². The van der Waals surface area contributed by atoms with E-state index in [0.29, 0.717) is 18.7 Å². The van der Waals surface area contributed by atoms with E-state index < -0.39 is 4.92 Å². The summed E-state index contributed by atoms with van der Waals surface area (Å²) in [6, 6.07) is 4.33. The topological polar surface area (TPSA) is 63.5 Å². The molecule has 0 bridgehead atoms. The molecule has 96 valence electrons. The first-order chi connectivity index (χ1) is 8.49. The number of nitro benzene ring substituents is 1. The second kappa shape index (κ2) is 4.94. The number of likely N-dealkylation sites (tertiary alicyclic amines) is 1. The highest BCUT2D eigenvalue weighted by Crippen LogP contribution is 2.22. The zero-order valence-electron chi connectivity index (χ0n) is 9.93. The van der Waals surface area contributed by atoms with Crippen LogP contribution < -0.4 is 0 Å². The molecule has 1 saturated heterocycles. The quantitative estimate of drug-likeness (QED) is 0.470. The zero-order valence-corrected chi connectivity index (χ0v) is 10.7. The van der Waals surface area contributed by atoms with Gasteiger partial charge in [0, 0.05) is 30.8 Å². The Hall–Kier alpha value is -1.62. The van der Waals surface area contributed by atoms with Crippen LogP contribution in [0.5, 0.6) is 0 Å². The first-order valence-corrected chi connectivity index (χ1v) is 6.11. The summed E-state index contributed by atoms with van der Waals surface area (Å²) < 4.78 is 0. The Morgan fingerprint density at radius 2 is 2.28 bits per heavy atom. The van der Waals surface area contributed by atoms with E-state index >= 15 is 0 Å². The maximum atomic E-state index is 12.2. The van der Waals surface area contributed by atoms with Crippen LogP contribution in [0.4, 0.5) is 5.69 Å². The third-order valence-electron chi connectivity index (χ3n) is 3.08. The van der Waals surface area contributed by atoms with Gasteiger partial charge in [-0.2, -0.15) is 0 Å². The van der Waals surface area contributed by atoms with Gasteiger partial charge in [0.2, 0.25) is 0 Å². The smallest absolute Gasteiger partial charge is 0.270 e. The maximum Gasteiger partial charge on any atom is 0.270 e. The molecule has 0 aromatic heterocycles. The number of non-ortho nitro benzene ring substituents is 1. The molecule has 1 aromatic rings. The highest BCUT2D eigenvalue weighted by Gasteiger charge is 2.27. The molecule has 2 rings (SSSR count). The van der Waals surface area contributed by atoms with Crippen molar-refractivity contribution >= 4 is 23.2 Å². The largest absolute Gasteiger partial charge is 0.337 e. The number of carbonyl (C=O) groups is 1. The number of hydrogen-bond acceptors (Lipinski definition) is 3. The van der Waals surface area contributed by atoms with Crippen molar-refractivity contribution in [2.24, 2.45) is 0 Å². The van der Waals surface area contributed by atoms with Gasteiger partial charge in [0.05, 0.1) is 10.3 Å². The minimum absolute atomic E-state index is 0.0204. The summed E-state index contributed by atoms with van der Waals surface area (Å²) in [4.78, 5) is 24.1. The summed E-state index contributed by atoms with van der Waals surface area (Å²) in [6.07, 6.45) is 0.765. The Morgan fingerprint density at radius 3 is 2.83 bits per heavy atom. The van der Waals surface area contributed by atoms with Crippen molar-refractivity contribution < 1.29 is 9.72 Å². The monoisotopic (exact) mass is 268 g/mol. The van der Waals surface area contributed by atoms with Crippen molar-refractivity contribution in [3.05, 3.63) is 39.4 Å². The van der Waals surface area contributed by atoms with Gasteiger partial charge in [-0.25, -0.2) is 0 Å². The number of hydrogen-bond donors (Lipinski definition) is 0. The van der Waals surface area contributed by atoms with Crippen molar-refractivity contribution in [2.45, 2.75) is 18.7 Å². The third kappa shape index (κ3) is 2.46. The molecule has 1 atom stereocenters. The van der Waals surface area contributed by atoms with E-state index in [4.69, 9.17) is 11.6 Å². The standard InChI is InChI=1S/C12H13ClN2O3/c1-8-2-3-10(15(17)18)6-11(8)12(16)14-5-4-9(13)7-14/h2-3,6,9H,4-5,7H2,1H3. The summed E-state index contributed by atoms with van der Waals surface area (Å²) >= 11 is 5.96. The Labute approximate surface area is 109 Å². The number of carbonyl (C=O) groups excluding carboxylic acids is 1. The van der Waals surface area contributed by atoms with Crippen LogP contribution in [-0.2, 0) is 0 Å². The highest BCUT2D eigenvalue weighted by molar-refractivity contribution is 6.21. The Bertz CT molecular complexity index is 504. The van der Waals surface area contributed by atoms with Gasteiger partial charge in [-0.3, -0.25) is 14.9 Å². The van der Waals surface area contributed by atoms with E-state index in [1.807, 2.05) is 0 Å². The molecule has 18 heavy (non-hydrogen) atoms. The fourth-order valence-corrected chi connectivity index (χ4v) is 2.29. The lowest BCUT2D eigenvalue weighted by Crippen LogP contribution is -2.29. The average molecular weight is 269 g/mol. The Balaban J connectivity index is 2.29. The molecule has 0 spiro atoms. The lowest BCUT2D eigenvalue weighted by Gasteiger charge is -2.16. The molecule has 1 heterocycles. The summed E-state index contributed by atoms with van der Waals surface area (Å²) in [7, 11) is 0. The van der Waals surface area contributed by atoms with Gasteiger partial charge < -0.3 is 4.90 Å². The van der Waals surface area contributed by atoms with Crippen molar-refractivity contribution in [1.29, 1.82) is 0 Å². The van der Waals surface area contributed by atoms with Crippen molar-refractivity contribution in [3.63, 3.8) is 0 Å². The van der Waals surface area contributed by atoms with Gasteiger partial charge in [-0.15, -0.1) is 11.6 Å². The fraction of sp³-hybridized carbons (Fsp3) is 0.417. The van der Waals surface area contributed by atoms with Gasteiger partial charge in [-0.1, -0.05) is 6.07 Å². The summed E-state index contributed by atoms with van der Waals surface area (Å²) in [5.41, 5.74) is 1.06. The van der Waals surface area contributed by atoms with Crippen LogP contribution in [0.2, 0.25) is 0 Å². The summed E-state index contributed by atoms with van der Waals surface area (Å²) in [5.74, 6) is -0.181. The number of nitrogens with zero attached hydrogens (tertiary/aromatic N) is 2. The lowest BCUT2D eigenvalue weighted by molar-refractivity contribution is -0.384. The van der Waals surface area contributed by atoms with Crippen molar-refractivity contribution in [1.82, 2.24) is 4.90 Å². The predicted octanol–water partition coefficient (Wildman–Crippen LogP) is 2.36. The van der Waals surface area contributed by atoms with E-state index in [-0.39, 0.29) is 17.0 Å². The first kappa shape index (κ1) is 12.8. The Kier molecular flexibility index (Phi) is 3.52. The molecule has 1 unspecified atom stereocenters. The SMILES string of the molecule is Cc1ccc([N+](=O)[O-])cc1C(=O)N1CCC(Cl)C1. The number of rotatable bonds is 2. The number of amides is 1. The van der Waals surface area contributed by atoms with E-state index in [9.17, 15) is 14.9 Å². The van der Waals surface area contributed by atoms with Crippen LogP contribution in [-0.4, -0.2) is 34.2 Å². The first-order valence-electron chi connectivity index (χ1n) is 5.67. The van der Waals surface area contributed by atoms with E-state index in [1.165, 1.54) is 12.1 Å². The van der Waals surface area contributed by atoms with Crippen LogP contribution in [0.15, 0.2) is 18.2 Å². The van der Waals surface area contributed by atoms with E-state index in [0.717, 1.165) is 12.0 Å². The molecular weight excluding hydrogens is 256 g/mol. The maximum absolute atomic E-state index is 12.2. The second-order valence-electron chi connectivity index (χ2n) is 4.39. The molecule has 1 aliphatic rings. The molecule has 0 aliphatic carbocycles. The van der Waals surface area contributed by atoms with Gasteiger partial charge in [-0.05, 0) is 18.9 Å². The van der Waals surface area contributed by atoms with Crippen molar-refractivity contribution in [3.8, 4) is 0 Å². The molecule has 1 fully saturated rings. The van der Waals surface area contributed by atoms with Gasteiger partial charge in [0.25, 0.3) is 11.6 Å². The van der Waals surface area contributed by atoms with Crippen LogP contribution in [0.3, 0.4) is 0 Å². The molecule has 0 N–H and O–H groups in total. The molecular formula is C12H13ClN2O3. The fourth-order valence-electron chi connectivity index (χ4n) is 2.03. The number of nitro groups is 1. The molecule has 1 aromatic carbocycles. The van der Waals surface area contributed by atoms with Gasteiger partial charge >= 0.3 is 0 Å². The molecule has 0 radical (unpaired) electrons. The molecule has 5 nitrogen and oxygen atoms in total. The van der Waals surface area contributed by atoms with Crippen LogP contribution >= 0.6 is 11.6 Å². The number of halogens is 1. The average Bonchev–Trinajstić information content (AvgIpc) is 2.75. The molecule has 1 amide bonds. The molecule has 1 aliphatic heterocycles. The predicted molar refractivity (Wildman–Crippen MR) is 68.0 cm³/mol. The van der Waals surface area contributed by atoms with Crippen molar-refractivity contribution in [2.75, 3.05) is 13.1 Å². The highest BCUT2D eigenvalue weighted by atomic mass is 35.5. The minimum atomic E-state index is -0.495. The Morgan fingerprint density at radius 1 is 1.56 bits per heavy atom. The third-order valence-corrected chi connectivity index (χ3v) is 3.44. The second-order valence-corrected chi connectivity index (χ2v) is 5.01. The van der Waals surface area contributed by atoms with E-state index in [1.54, 1.807) is 17.9 Å². The minimum Gasteiger partial charge on any atom is -0.337 e. The zero-order chi connectivity index (χ0) is 13.3. The van der Waals surface area contributed by atoms with Crippen LogP contribution in [0.1, 0.15) is 22.3 Å². The number of aryl methyl sites for hydroxylation is 1. The van der Waals surface area contributed by atoms with Crippen LogP contribution in [0.25, 0.3) is 0 Å². The van der Waals surface area contributed by atoms with Crippen LogP contribution in [0, 0.1) is 17.0 Å². The normalized spacial score (nSPS) is 19.0. The number of benzene rings is 1.